The van der Waals surface area contributed by atoms with E-state index in [9.17, 15) is 24.1 Å². The molecule has 3 fully saturated rings. The van der Waals surface area contributed by atoms with E-state index in [0.717, 1.165) is 37.7 Å². The van der Waals surface area contributed by atoms with Crippen molar-refractivity contribution in [2.75, 3.05) is 0 Å². The maximum absolute atomic E-state index is 14.9. The van der Waals surface area contributed by atoms with Crippen LogP contribution in [0.1, 0.15) is 98.3 Å². The largest absolute Gasteiger partial charge is 0.393 e. The average molecular weight is 481 g/mol. The molecule has 0 saturated heterocycles. The quantitative estimate of drug-likeness (QED) is 0.361. The molecular weight excluding hydrogens is 434 g/mol. The first-order valence-electron chi connectivity index (χ1n) is 13.4. The smallest absolute Gasteiger partial charge is 0.276 e. The Balaban J connectivity index is 1.72. The Morgan fingerprint density at radius 2 is 1.85 bits per heavy atom. The van der Waals surface area contributed by atoms with Crippen LogP contribution in [0.3, 0.4) is 0 Å². The summed E-state index contributed by atoms with van der Waals surface area (Å²) in [5.41, 5.74) is 1.24. The van der Waals surface area contributed by atoms with Gasteiger partial charge in [-0.2, -0.15) is 0 Å². The Labute approximate surface area is 205 Å². The van der Waals surface area contributed by atoms with Crippen LogP contribution in [0.4, 0.5) is 8.78 Å². The second-order valence-electron chi connectivity index (χ2n) is 11.6. The lowest BCUT2D eigenvalue weighted by Gasteiger charge is -2.45. The molecule has 3 rings (SSSR count). The summed E-state index contributed by atoms with van der Waals surface area (Å²) in [6.45, 7) is 11.8. The number of hydrogen-bond acceptors (Lipinski definition) is 3. The first kappa shape index (κ1) is 27.5. The molecule has 34 heavy (non-hydrogen) atoms. The van der Waals surface area contributed by atoms with Crippen molar-refractivity contribution in [2.24, 2.45) is 23.2 Å². The van der Waals surface area contributed by atoms with Crippen molar-refractivity contribution >= 4 is 0 Å². The molecule has 0 aliphatic heterocycles. The molecule has 0 bridgehead atoms. The van der Waals surface area contributed by atoms with Crippen LogP contribution < -0.4 is 0 Å². The number of aliphatic hydroxyl groups excluding tert-OH is 2. The second kappa shape index (κ2) is 10.5. The van der Waals surface area contributed by atoms with E-state index in [1.54, 1.807) is 13.8 Å². The van der Waals surface area contributed by atoms with Crippen LogP contribution in [0.15, 0.2) is 35.5 Å². The lowest BCUT2D eigenvalue weighted by molar-refractivity contribution is -0.190. The highest BCUT2D eigenvalue weighted by atomic mass is 19.3. The topological polar surface area (TPSA) is 60.7 Å². The van der Waals surface area contributed by atoms with Crippen molar-refractivity contribution in [3.05, 3.63) is 35.5 Å². The molecule has 3 aliphatic rings. The summed E-state index contributed by atoms with van der Waals surface area (Å²) in [6, 6.07) is 0. The lowest BCUT2D eigenvalue weighted by Crippen LogP contribution is -2.47. The van der Waals surface area contributed by atoms with Crippen molar-refractivity contribution in [2.45, 2.75) is 122 Å². The normalized spacial score (nSPS) is 36.2. The van der Waals surface area contributed by atoms with E-state index in [1.807, 2.05) is 6.08 Å². The minimum atomic E-state index is -3.06. The van der Waals surface area contributed by atoms with Crippen molar-refractivity contribution in [1.29, 1.82) is 0 Å². The second-order valence-corrected chi connectivity index (χ2v) is 11.6. The predicted octanol–water partition coefficient (Wildman–Crippen LogP) is 6.73. The molecule has 0 amide bonds. The van der Waals surface area contributed by atoms with E-state index >= 15 is 0 Å². The predicted molar refractivity (Wildman–Crippen MR) is 134 cm³/mol. The van der Waals surface area contributed by atoms with Gasteiger partial charge in [-0.25, -0.2) is 8.78 Å². The Morgan fingerprint density at radius 3 is 2.50 bits per heavy atom. The number of rotatable bonds is 8. The van der Waals surface area contributed by atoms with E-state index < -0.39 is 23.7 Å². The molecule has 0 aromatic rings. The van der Waals surface area contributed by atoms with Gasteiger partial charge in [0.15, 0.2) is 0 Å². The van der Waals surface area contributed by atoms with Crippen LogP contribution in [-0.2, 0) is 0 Å². The number of halogens is 2. The Bertz CT molecular complexity index is 797. The molecule has 3 nitrogen and oxygen atoms in total. The van der Waals surface area contributed by atoms with Crippen molar-refractivity contribution in [3.8, 4) is 0 Å². The molecule has 0 radical (unpaired) electrons. The van der Waals surface area contributed by atoms with Crippen LogP contribution >= 0.6 is 0 Å². The minimum Gasteiger partial charge on any atom is -0.393 e. The summed E-state index contributed by atoms with van der Waals surface area (Å²) < 4.78 is 29.7. The Morgan fingerprint density at radius 1 is 1.18 bits per heavy atom. The SMILES string of the molecule is C=C1/C(=C\C=C2CCC[C@@]3(C)C2CC[C@@H]3[C@H](C)CCC(F)(F)C(O)(CC)CC)C[C@@H](O)C[C@H]1O. The Kier molecular flexibility index (Phi) is 8.52. The summed E-state index contributed by atoms with van der Waals surface area (Å²) >= 11 is 0. The van der Waals surface area contributed by atoms with Crippen LogP contribution in [0.25, 0.3) is 0 Å². The number of alkyl halides is 2. The summed E-state index contributed by atoms with van der Waals surface area (Å²) in [6.07, 6.45) is 9.59. The number of allylic oxidation sites excluding steroid dienone is 3. The molecule has 5 heteroatoms. The van der Waals surface area contributed by atoms with Gasteiger partial charge in [-0.1, -0.05) is 52.0 Å². The van der Waals surface area contributed by atoms with Crippen LogP contribution in [0.5, 0.6) is 0 Å². The highest BCUT2D eigenvalue weighted by molar-refractivity contribution is 5.38. The van der Waals surface area contributed by atoms with Gasteiger partial charge in [0, 0.05) is 12.8 Å². The highest BCUT2D eigenvalue weighted by Crippen LogP contribution is 2.60. The van der Waals surface area contributed by atoms with Gasteiger partial charge in [-0.05, 0) is 92.1 Å². The zero-order valence-corrected chi connectivity index (χ0v) is 21.6. The fourth-order valence-electron chi connectivity index (χ4n) is 7.29. The monoisotopic (exact) mass is 480 g/mol. The number of fused-ring (bicyclic) bond motifs is 1. The van der Waals surface area contributed by atoms with Gasteiger partial charge in [-0.3, -0.25) is 0 Å². The molecule has 3 saturated carbocycles. The zero-order valence-electron chi connectivity index (χ0n) is 21.6. The summed E-state index contributed by atoms with van der Waals surface area (Å²) in [5, 5.41) is 30.6. The van der Waals surface area contributed by atoms with Crippen LogP contribution in [-0.4, -0.2) is 39.1 Å². The van der Waals surface area contributed by atoms with Gasteiger partial charge in [-0.15, -0.1) is 0 Å². The molecule has 1 unspecified atom stereocenters. The van der Waals surface area contributed by atoms with Crippen molar-refractivity contribution < 1.29 is 24.1 Å². The first-order valence-corrected chi connectivity index (χ1v) is 13.4. The maximum Gasteiger partial charge on any atom is 0.276 e. The third-order valence-corrected chi connectivity index (χ3v) is 9.75. The molecule has 0 spiro atoms. The lowest BCUT2D eigenvalue weighted by atomic mass is 9.60. The van der Waals surface area contributed by atoms with Gasteiger partial charge in [0.05, 0.1) is 12.2 Å². The summed E-state index contributed by atoms with van der Waals surface area (Å²) in [7, 11) is 0. The standard InChI is InChI=1S/C29H46F2O3/c1-6-28(34,7-2)29(30,31)16-14-19(3)24-12-13-25-21(9-8-15-27(24,25)5)10-11-22-17-23(32)18-26(33)20(22)4/h10-11,19,23-26,32-34H,4,6-9,12-18H2,1-3,5H3/b21-10?,22-11-/t19-,23-,24-,25?,26-,27-/m1/s1. The van der Waals surface area contributed by atoms with E-state index in [4.69, 9.17) is 0 Å². The average Bonchev–Trinajstić information content (AvgIpc) is 3.15. The first-order chi connectivity index (χ1) is 15.9. The van der Waals surface area contributed by atoms with Gasteiger partial charge in [0.25, 0.3) is 5.92 Å². The molecule has 0 heterocycles. The number of aliphatic hydroxyl groups is 3. The summed E-state index contributed by atoms with van der Waals surface area (Å²) in [4.78, 5) is 0. The number of hydrogen-bond donors (Lipinski definition) is 3. The van der Waals surface area contributed by atoms with Crippen LogP contribution in [0.2, 0.25) is 0 Å². The third-order valence-electron chi connectivity index (χ3n) is 9.75. The van der Waals surface area contributed by atoms with Gasteiger partial charge in [0.1, 0.15) is 5.60 Å². The molecule has 3 N–H and O–H groups in total. The minimum absolute atomic E-state index is 0.0677. The van der Waals surface area contributed by atoms with E-state index in [2.05, 4.69) is 26.5 Å². The zero-order chi connectivity index (χ0) is 25.3. The van der Waals surface area contributed by atoms with E-state index in [-0.39, 0.29) is 30.6 Å². The molecular formula is C29H46F2O3. The molecule has 6 atom stereocenters. The molecule has 0 aromatic heterocycles. The Hall–Kier alpha value is -1.04. The summed E-state index contributed by atoms with van der Waals surface area (Å²) in [5.74, 6) is -2.04. The van der Waals surface area contributed by atoms with Crippen molar-refractivity contribution in [1.82, 2.24) is 0 Å². The molecule has 0 aromatic carbocycles. The van der Waals surface area contributed by atoms with E-state index in [1.165, 1.54) is 5.57 Å². The van der Waals surface area contributed by atoms with Crippen LogP contribution in [0, 0.1) is 23.2 Å². The highest BCUT2D eigenvalue weighted by Gasteiger charge is 2.53. The maximum atomic E-state index is 14.9. The molecule has 194 valence electrons. The van der Waals surface area contributed by atoms with E-state index in [0.29, 0.717) is 36.7 Å². The van der Waals surface area contributed by atoms with Gasteiger partial charge in [0.2, 0.25) is 0 Å². The van der Waals surface area contributed by atoms with Gasteiger partial charge < -0.3 is 15.3 Å². The fraction of sp³-hybridized carbons (Fsp3) is 0.793. The van der Waals surface area contributed by atoms with Crippen molar-refractivity contribution in [3.63, 3.8) is 0 Å². The fourth-order valence-corrected chi connectivity index (χ4v) is 7.29. The molecule has 3 aliphatic carbocycles. The third kappa shape index (κ3) is 5.22. The van der Waals surface area contributed by atoms with Gasteiger partial charge >= 0.3 is 0 Å².